The summed E-state index contributed by atoms with van der Waals surface area (Å²) >= 11 is 5.54. The summed E-state index contributed by atoms with van der Waals surface area (Å²) in [6.07, 6.45) is -5.29. The lowest BCUT2D eigenvalue weighted by Gasteiger charge is -2.11. The third-order valence-electron chi connectivity index (χ3n) is 2.10. The van der Waals surface area contributed by atoms with Crippen molar-refractivity contribution < 1.29 is 27.4 Å². The van der Waals surface area contributed by atoms with Gasteiger partial charge >= 0.3 is 12.3 Å². The Bertz CT molecular complexity index is 526. The molecule has 0 radical (unpaired) electrons. The van der Waals surface area contributed by atoms with Gasteiger partial charge in [0.1, 0.15) is 0 Å². The minimum atomic E-state index is -4.99. The number of methoxy groups -OCH3 is 1. The highest BCUT2D eigenvalue weighted by Crippen LogP contribution is 2.22. The zero-order chi connectivity index (χ0) is 14.6. The summed E-state index contributed by atoms with van der Waals surface area (Å²) in [6.45, 7) is 0. The van der Waals surface area contributed by atoms with E-state index >= 15 is 0 Å². The van der Waals surface area contributed by atoms with Crippen LogP contribution in [-0.2, 0) is 21.8 Å². The molecule has 0 saturated heterocycles. The number of nitrogens with one attached hydrogen (secondary N) is 1. The van der Waals surface area contributed by atoms with Crippen LogP contribution in [0.15, 0.2) is 10.9 Å². The third-order valence-corrected chi connectivity index (χ3v) is 2.39. The quantitative estimate of drug-likeness (QED) is 0.679. The van der Waals surface area contributed by atoms with Crippen molar-refractivity contribution in [3.05, 3.63) is 27.7 Å². The molecule has 5 nitrogen and oxygen atoms in total. The van der Waals surface area contributed by atoms with E-state index in [0.29, 0.717) is 0 Å². The number of halogens is 4. The molecule has 0 bridgehead atoms. The molecule has 19 heavy (non-hydrogen) atoms. The Morgan fingerprint density at radius 1 is 1.47 bits per heavy atom. The van der Waals surface area contributed by atoms with Gasteiger partial charge < -0.3 is 14.5 Å². The maximum absolute atomic E-state index is 12.0. The first-order valence-corrected chi connectivity index (χ1v) is 5.44. The number of H-pyrrole nitrogens is 1. The molecule has 1 N–H and O–H groups in total. The van der Waals surface area contributed by atoms with E-state index in [4.69, 9.17) is 11.6 Å². The molecule has 0 saturated carbocycles. The van der Waals surface area contributed by atoms with Gasteiger partial charge in [0.25, 0.3) is 5.56 Å². The lowest BCUT2D eigenvalue weighted by molar-refractivity contribution is -0.275. The van der Waals surface area contributed by atoms with Gasteiger partial charge in [0.15, 0.2) is 5.75 Å². The summed E-state index contributed by atoms with van der Waals surface area (Å²) in [5, 5.41) is 0. The first kappa shape index (κ1) is 15.4. The average molecular weight is 300 g/mol. The van der Waals surface area contributed by atoms with E-state index in [-0.39, 0.29) is 23.6 Å². The number of carbonyl (C=O) groups excluding carboxylic acids is 1. The van der Waals surface area contributed by atoms with Crippen LogP contribution in [-0.4, -0.2) is 24.4 Å². The number of hydrogen-bond acceptors (Lipinski definition) is 4. The van der Waals surface area contributed by atoms with Gasteiger partial charge in [-0.2, -0.15) is 0 Å². The maximum Gasteiger partial charge on any atom is 0.573 e. The number of aromatic amines is 1. The van der Waals surface area contributed by atoms with Crippen LogP contribution in [0.2, 0.25) is 0 Å². The predicted molar refractivity (Wildman–Crippen MR) is 59.0 cm³/mol. The van der Waals surface area contributed by atoms with E-state index in [2.05, 4.69) is 14.5 Å². The molecular weight excluding hydrogens is 291 g/mol. The molecule has 0 aliphatic rings. The van der Waals surface area contributed by atoms with E-state index in [1.165, 1.54) is 0 Å². The second-order valence-corrected chi connectivity index (χ2v) is 3.67. The molecule has 0 unspecified atom stereocenters. The van der Waals surface area contributed by atoms with Gasteiger partial charge in [0.05, 0.1) is 13.5 Å². The van der Waals surface area contributed by atoms with Crippen molar-refractivity contribution in [2.75, 3.05) is 7.11 Å². The molecule has 1 aromatic rings. The first-order chi connectivity index (χ1) is 8.76. The Balaban J connectivity index is 3.14. The van der Waals surface area contributed by atoms with Crippen LogP contribution < -0.4 is 10.3 Å². The molecule has 9 heteroatoms. The minimum Gasteiger partial charge on any atom is -0.469 e. The van der Waals surface area contributed by atoms with Crippen LogP contribution in [0.25, 0.3) is 0 Å². The smallest absolute Gasteiger partial charge is 0.469 e. The van der Waals surface area contributed by atoms with Crippen LogP contribution in [0.4, 0.5) is 13.2 Å². The van der Waals surface area contributed by atoms with Gasteiger partial charge in [-0.05, 0) is 11.6 Å². The first-order valence-electron chi connectivity index (χ1n) is 4.90. The summed E-state index contributed by atoms with van der Waals surface area (Å²) in [4.78, 5) is 24.6. The van der Waals surface area contributed by atoms with E-state index in [0.717, 1.165) is 13.2 Å². The molecule has 0 aliphatic carbocycles. The van der Waals surface area contributed by atoms with Gasteiger partial charge in [-0.3, -0.25) is 9.59 Å². The number of aromatic nitrogens is 1. The number of esters is 1. The largest absolute Gasteiger partial charge is 0.573 e. The van der Waals surface area contributed by atoms with Crippen LogP contribution in [0.3, 0.4) is 0 Å². The maximum atomic E-state index is 12.0. The zero-order valence-corrected chi connectivity index (χ0v) is 10.4. The molecule has 0 fully saturated rings. The van der Waals surface area contributed by atoms with Crippen molar-refractivity contribution in [1.29, 1.82) is 0 Å². The monoisotopic (exact) mass is 299 g/mol. The molecule has 0 aliphatic heterocycles. The number of hydrogen-bond donors (Lipinski definition) is 1. The van der Waals surface area contributed by atoms with Crippen LogP contribution in [0, 0.1) is 0 Å². The van der Waals surface area contributed by atoms with Crippen molar-refractivity contribution in [2.24, 2.45) is 0 Å². The van der Waals surface area contributed by atoms with Crippen molar-refractivity contribution in [3.63, 3.8) is 0 Å². The summed E-state index contributed by atoms with van der Waals surface area (Å²) < 4.78 is 44.1. The lowest BCUT2D eigenvalue weighted by atomic mass is 10.1. The summed E-state index contributed by atoms with van der Waals surface area (Å²) in [5.41, 5.74) is -0.877. The topological polar surface area (TPSA) is 68.4 Å². The van der Waals surface area contributed by atoms with Crippen LogP contribution in [0.5, 0.6) is 5.75 Å². The third kappa shape index (κ3) is 4.47. The minimum absolute atomic E-state index is 0.0846. The van der Waals surface area contributed by atoms with Gasteiger partial charge in [0, 0.05) is 11.6 Å². The SMILES string of the molecule is COC(=O)Cc1[nH]c(=O)c(OC(F)(F)F)cc1CCl. The second-order valence-electron chi connectivity index (χ2n) is 3.40. The highest BCUT2D eigenvalue weighted by molar-refractivity contribution is 6.17. The van der Waals surface area contributed by atoms with E-state index in [1.807, 2.05) is 0 Å². The standard InChI is InChI=1S/C10H9ClF3NO4/c1-18-8(16)3-6-5(4-11)2-7(9(17)15-6)19-10(12,13)14/h2H,3-4H2,1H3,(H,15,17). The van der Waals surface area contributed by atoms with Gasteiger partial charge in [-0.1, -0.05) is 0 Å². The van der Waals surface area contributed by atoms with Crippen molar-refractivity contribution in [3.8, 4) is 5.75 Å². The molecule has 0 atom stereocenters. The van der Waals surface area contributed by atoms with Crippen molar-refractivity contribution >= 4 is 17.6 Å². The fraction of sp³-hybridized carbons (Fsp3) is 0.400. The van der Waals surface area contributed by atoms with Crippen LogP contribution in [0.1, 0.15) is 11.3 Å². The van der Waals surface area contributed by atoms with E-state index in [9.17, 15) is 22.8 Å². The van der Waals surface area contributed by atoms with E-state index < -0.39 is 23.6 Å². The Kier molecular flexibility index (Phi) is 4.82. The number of ether oxygens (including phenoxy) is 2. The molecule has 0 amide bonds. The van der Waals surface area contributed by atoms with Gasteiger partial charge in [-0.25, -0.2) is 0 Å². The highest BCUT2D eigenvalue weighted by atomic mass is 35.5. The lowest BCUT2D eigenvalue weighted by Crippen LogP contribution is -2.24. The van der Waals surface area contributed by atoms with Crippen molar-refractivity contribution in [2.45, 2.75) is 18.7 Å². The Morgan fingerprint density at radius 3 is 2.58 bits per heavy atom. The second kappa shape index (κ2) is 5.96. The normalized spacial score (nSPS) is 11.2. The number of rotatable bonds is 4. The average Bonchev–Trinajstić information content (AvgIpc) is 2.30. The fourth-order valence-electron chi connectivity index (χ4n) is 1.28. The number of carbonyl (C=O) groups is 1. The number of alkyl halides is 4. The van der Waals surface area contributed by atoms with Crippen LogP contribution >= 0.6 is 11.6 Å². The molecule has 1 aromatic heterocycles. The predicted octanol–water partition coefficient (Wildman–Crippen LogP) is 1.73. The summed E-state index contributed by atoms with van der Waals surface area (Å²) in [6, 6.07) is 0.845. The molecule has 1 rings (SSSR count). The molecule has 106 valence electrons. The molecular formula is C10H9ClF3NO4. The molecule has 0 aromatic carbocycles. The molecule has 1 heterocycles. The Morgan fingerprint density at radius 2 is 2.11 bits per heavy atom. The highest BCUT2D eigenvalue weighted by Gasteiger charge is 2.32. The summed E-state index contributed by atoms with van der Waals surface area (Å²) in [7, 11) is 1.14. The fourth-order valence-corrected chi connectivity index (χ4v) is 1.52. The number of pyridine rings is 1. The summed E-state index contributed by atoms with van der Waals surface area (Å²) in [5.74, 6) is -1.79. The Labute approximate surface area is 110 Å². The molecule has 0 spiro atoms. The zero-order valence-electron chi connectivity index (χ0n) is 9.64. The van der Waals surface area contributed by atoms with Crippen molar-refractivity contribution in [1.82, 2.24) is 4.98 Å². The van der Waals surface area contributed by atoms with Gasteiger partial charge in [0.2, 0.25) is 0 Å². The van der Waals surface area contributed by atoms with E-state index in [1.54, 1.807) is 0 Å². The Hall–Kier alpha value is -1.70. The van der Waals surface area contributed by atoms with Gasteiger partial charge in [-0.15, -0.1) is 24.8 Å².